The average molecular weight is 301 g/mol. The van der Waals surface area contributed by atoms with Crippen molar-refractivity contribution in [1.82, 2.24) is 0 Å². The second-order valence-electron chi connectivity index (χ2n) is 5.06. The standard InChI is InChI=1S/C14H21BrS/c1-12(15)11-14(2,3)9-10-16-13-7-5-4-6-8-13/h4-8,12H,9-11H2,1-3H3. The monoisotopic (exact) mass is 300 g/mol. The van der Waals surface area contributed by atoms with E-state index in [0.29, 0.717) is 10.2 Å². The van der Waals surface area contributed by atoms with Gasteiger partial charge in [-0.05, 0) is 36.1 Å². The van der Waals surface area contributed by atoms with Crippen LogP contribution in [0.15, 0.2) is 35.2 Å². The maximum Gasteiger partial charge on any atom is 0.0122 e. The fourth-order valence-electron chi connectivity index (χ4n) is 1.83. The summed E-state index contributed by atoms with van der Waals surface area (Å²) in [6.45, 7) is 6.94. The zero-order valence-corrected chi connectivity index (χ0v) is 12.8. The van der Waals surface area contributed by atoms with Crippen molar-refractivity contribution >= 4 is 27.7 Å². The van der Waals surface area contributed by atoms with E-state index >= 15 is 0 Å². The Kier molecular flexibility index (Phi) is 5.91. The summed E-state index contributed by atoms with van der Waals surface area (Å²) in [7, 11) is 0. The van der Waals surface area contributed by atoms with Gasteiger partial charge in [0, 0.05) is 9.72 Å². The summed E-state index contributed by atoms with van der Waals surface area (Å²) < 4.78 is 0. The van der Waals surface area contributed by atoms with E-state index in [1.807, 2.05) is 11.8 Å². The Morgan fingerprint density at radius 2 is 1.88 bits per heavy atom. The topological polar surface area (TPSA) is 0 Å². The normalized spacial score (nSPS) is 13.8. The molecule has 0 saturated heterocycles. The maximum atomic E-state index is 3.64. The van der Waals surface area contributed by atoms with Gasteiger partial charge in [-0.15, -0.1) is 11.8 Å². The Morgan fingerprint density at radius 1 is 1.25 bits per heavy atom. The van der Waals surface area contributed by atoms with Crippen LogP contribution in [0.25, 0.3) is 0 Å². The van der Waals surface area contributed by atoms with Crippen molar-refractivity contribution in [2.24, 2.45) is 5.41 Å². The Hall–Kier alpha value is 0.0500. The van der Waals surface area contributed by atoms with Gasteiger partial charge in [-0.1, -0.05) is 54.9 Å². The summed E-state index contributed by atoms with van der Waals surface area (Å²) in [5, 5.41) is 0. The molecule has 0 nitrogen and oxygen atoms in total. The maximum absolute atomic E-state index is 3.64. The molecule has 0 saturated carbocycles. The Labute approximate surface area is 112 Å². The predicted octanol–water partition coefficient (Wildman–Crippen LogP) is 5.37. The number of alkyl halides is 1. The summed E-state index contributed by atoms with van der Waals surface area (Å²) in [4.78, 5) is 1.99. The van der Waals surface area contributed by atoms with Crippen LogP contribution in [0.2, 0.25) is 0 Å². The predicted molar refractivity (Wildman–Crippen MR) is 78.6 cm³/mol. The lowest BCUT2D eigenvalue weighted by atomic mass is 9.85. The molecule has 0 amide bonds. The van der Waals surface area contributed by atoms with E-state index in [4.69, 9.17) is 0 Å². The number of hydrogen-bond donors (Lipinski definition) is 0. The molecule has 16 heavy (non-hydrogen) atoms. The van der Waals surface area contributed by atoms with E-state index in [1.165, 1.54) is 23.5 Å². The molecule has 1 aromatic carbocycles. The van der Waals surface area contributed by atoms with Crippen LogP contribution in [0, 0.1) is 5.41 Å². The number of hydrogen-bond acceptors (Lipinski definition) is 1. The lowest BCUT2D eigenvalue weighted by Crippen LogP contribution is -2.16. The van der Waals surface area contributed by atoms with Crippen LogP contribution in [0.1, 0.15) is 33.6 Å². The van der Waals surface area contributed by atoms with Gasteiger partial charge in [-0.2, -0.15) is 0 Å². The zero-order valence-electron chi connectivity index (χ0n) is 10.4. The van der Waals surface area contributed by atoms with Gasteiger partial charge in [-0.25, -0.2) is 0 Å². The van der Waals surface area contributed by atoms with E-state index in [0.717, 1.165) is 0 Å². The molecule has 0 spiro atoms. The third-order valence-corrected chi connectivity index (χ3v) is 3.96. The second kappa shape index (κ2) is 6.70. The van der Waals surface area contributed by atoms with E-state index in [1.54, 1.807) is 0 Å². The third kappa shape index (κ3) is 5.95. The molecule has 0 N–H and O–H groups in total. The first-order valence-electron chi connectivity index (χ1n) is 5.81. The van der Waals surface area contributed by atoms with Crippen LogP contribution >= 0.6 is 27.7 Å². The van der Waals surface area contributed by atoms with Crippen molar-refractivity contribution in [1.29, 1.82) is 0 Å². The van der Waals surface area contributed by atoms with E-state index in [-0.39, 0.29) is 0 Å². The summed E-state index contributed by atoms with van der Waals surface area (Å²) in [6, 6.07) is 10.7. The van der Waals surface area contributed by atoms with Gasteiger partial charge >= 0.3 is 0 Å². The third-order valence-electron chi connectivity index (χ3n) is 2.62. The number of rotatable bonds is 6. The highest BCUT2D eigenvalue weighted by atomic mass is 79.9. The molecule has 1 atom stereocenters. The Bertz CT molecular complexity index is 293. The molecule has 0 heterocycles. The van der Waals surface area contributed by atoms with E-state index < -0.39 is 0 Å². The van der Waals surface area contributed by atoms with Crippen molar-refractivity contribution in [3.05, 3.63) is 30.3 Å². The minimum Gasteiger partial charge on any atom is -0.126 e. The first-order chi connectivity index (χ1) is 7.49. The zero-order chi connectivity index (χ0) is 12.0. The largest absolute Gasteiger partial charge is 0.126 e. The molecule has 0 aliphatic carbocycles. The minimum absolute atomic E-state index is 0.435. The van der Waals surface area contributed by atoms with Gasteiger partial charge in [0.1, 0.15) is 0 Å². The van der Waals surface area contributed by atoms with Gasteiger partial charge in [0.15, 0.2) is 0 Å². The van der Waals surface area contributed by atoms with Crippen LogP contribution in [0.3, 0.4) is 0 Å². The van der Waals surface area contributed by atoms with Crippen LogP contribution in [-0.2, 0) is 0 Å². The molecule has 0 fully saturated rings. The molecule has 0 aliphatic rings. The van der Waals surface area contributed by atoms with Crippen LogP contribution in [-0.4, -0.2) is 10.6 Å². The van der Waals surface area contributed by atoms with Gasteiger partial charge in [0.05, 0.1) is 0 Å². The first-order valence-corrected chi connectivity index (χ1v) is 7.72. The quantitative estimate of drug-likeness (QED) is 0.503. The molecule has 0 radical (unpaired) electrons. The SMILES string of the molecule is CC(Br)CC(C)(C)CCSc1ccccc1. The summed E-state index contributed by atoms with van der Waals surface area (Å²) in [5.74, 6) is 1.21. The highest BCUT2D eigenvalue weighted by Gasteiger charge is 2.19. The van der Waals surface area contributed by atoms with Crippen molar-refractivity contribution in [2.45, 2.75) is 43.3 Å². The van der Waals surface area contributed by atoms with Crippen molar-refractivity contribution in [3.63, 3.8) is 0 Å². The lowest BCUT2D eigenvalue weighted by Gasteiger charge is -2.25. The molecule has 2 heteroatoms. The van der Waals surface area contributed by atoms with E-state index in [2.05, 4.69) is 67.0 Å². The molecular formula is C14H21BrS. The number of benzene rings is 1. The van der Waals surface area contributed by atoms with Crippen molar-refractivity contribution in [3.8, 4) is 0 Å². The fraction of sp³-hybridized carbons (Fsp3) is 0.571. The van der Waals surface area contributed by atoms with Gasteiger partial charge in [0.2, 0.25) is 0 Å². The molecule has 0 bridgehead atoms. The molecule has 1 aromatic rings. The van der Waals surface area contributed by atoms with Crippen molar-refractivity contribution in [2.75, 3.05) is 5.75 Å². The number of halogens is 1. The summed E-state index contributed by atoms with van der Waals surface area (Å²) in [6.07, 6.45) is 2.50. The van der Waals surface area contributed by atoms with E-state index in [9.17, 15) is 0 Å². The fourth-order valence-corrected chi connectivity index (χ4v) is 3.94. The first kappa shape index (κ1) is 14.1. The van der Waals surface area contributed by atoms with Gasteiger partial charge < -0.3 is 0 Å². The highest BCUT2D eigenvalue weighted by Crippen LogP contribution is 2.32. The van der Waals surface area contributed by atoms with Crippen LogP contribution in [0.4, 0.5) is 0 Å². The highest BCUT2D eigenvalue weighted by molar-refractivity contribution is 9.09. The minimum atomic E-state index is 0.435. The average Bonchev–Trinajstić information content (AvgIpc) is 2.16. The molecule has 90 valence electrons. The molecule has 1 unspecified atom stereocenters. The Morgan fingerprint density at radius 3 is 2.44 bits per heavy atom. The second-order valence-corrected chi connectivity index (χ2v) is 7.79. The smallest absolute Gasteiger partial charge is 0.0122 e. The molecular weight excluding hydrogens is 280 g/mol. The summed E-state index contributed by atoms with van der Waals surface area (Å²) in [5.41, 5.74) is 0.435. The Balaban J connectivity index is 2.30. The van der Waals surface area contributed by atoms with Crippen LogP contribution in [0.5, 0.6) is 0 Å². The van der Waals surface area contributed by atoms with Gasteiger partial charge in [-0.3, -0.25) is 0 Å². The molecule has 1 rings (SSSR count). The molecule has 0 aliphatic heterocycles. The molecule has 0 aromatic heterocycles. The number of thioether (sulfide) groups is 1. The van der Waals surface area contributed by atoms with Crippen molar-refractivity contribution < 1.29 is 0 Å². The lowest BCUT2D eigenvalue weighted by molar-refractivity contribution is 0.327. The van der Waals surface area contributed by atoms with Crippen LogP contribution < -0.4 is 0 Å². The van der Waals surface area contributed by atoms with Gasteiger partial charge in [0.25, 0.3) is 0 Å². The summed E-state index contributed by atoms with van der Waals surface area (Å²) >= 11 is 5.60.